The molecule has 1 heterocycles. The van der Waals surface area contributed by atoms with Gasteiger partial charge in [-0.25, -0.2) is 9.37 Å². The van der Waals surface area contributed by atoms with Crippen molar-refractivity contribution < 1.29 is 8.81 Å². The van der Waals surface area contributed by atoms with Crippen molar-refractivity contribution in [2.75, 3.05) is 5.32 Å². The first-order valence-electron chi connectivity index (χ1n) is 4.31. The number of benzene rings is 1. The molecule has 1 N–H and O–H groups in total. The summed E-state index contributed by atoms with van der Waals surface area (Å²) in [4.78, 5) is 3.76. The molecule has 0 saturated carbocycles. The Kier molecular flexibility index (Phi) is 2.87. The van der Waals surface area contributed by atoms with E-state index in [1.54, 1.807) is 12.3 Å². The molecule has 5 heteroatoms. The van der Waals surface area contributed by atoms with Crippen LogP contribution in [0.3, 0.4) is 0 Å². The molecule has 15 heavy (non-hydrogen) atoms. The molecule has 78 valence electrons. The number of oxazole rings is 1. The van der Waals surface area contributed by atoms with Crippen LogP contribution < -0.4 is 5.32 Å². The fourth-order valence-corrected chi connectivity index (χ4v) is 1.40. The minimum absolute atomic E-state index is 0.357. The van der Waals surface area contributed by atoms with Crippen LogP contribution in [0.4, 0.5) is 10.1 Å². The molecule has 0 fully saturated rings. The summed E-state index contributed by atoms with van der Waals surface area (Å²) in [5, 5.41) is 3.33. The SMILES string of the molecule is Fc1cc(Cl)cc(NCc2cnco2)c1. The zero-order valence-corrected chi connectivity index (χ0v) is 8.46. The molecule has 1 aromatic heterocycles. The number of nitrogens with one attached hydrogen (secondary N) is 1. The van der Waals surface area contributed by atoms with E-state index in [9.17, 15) is 4.39 Å². The summed E-state index contributed by atoms with van der Waals surface area (Å²) in [5.41, 5.74) is 0.608. The van der Waals surface area contributed by atoms with Crippen LogP contribution in [0.2, 0.25) is 5.02 Å². The van der Waals surface area contributed by atoms with Gasteiger partial charge in [-0.15, -0.1) is 0 Å². The summed E-state index contributed by atoms with van der Waals surface area (Å²) < 4.78 is 17.9. The van der Waals surface area contributed by atoms with Crippen molar-refractivity contribution in [3.05, 3.63) is 47.4 Å². The van der Waals surface area contributed by atoms with Crippen LogP contribution in [-0.4, -0.2) is 4.98 Å². The third-order valence-electron chi connectivity index (χ3n) is 1.81. The first-order valence-corrected chi connectivity index (χ1v) is 4.69. The van der Waals surface area contributed by atoms with Crippen molar-refractivity contribution in [2.24, 2.45) is 0 Å². The van der Waals surface area contributed by atoms with E-state index in [1.807, 2.05) is 0 Å². The van der Waals surface area contributed by atoms with Crippen molar-refractivity contribution >= 4 is 17.3 Å². The summed E-state index contributed by atoms with van der Waals surface area (Å²) in [5.74, 6) is 0.304. The minimum atomic E-state index is -0.373. The molecule has 0 radical (unpaired) electrons. The number of hydrogen-bond donors (Lipinski definition) is 1. The number of anilines is 1. The summed E-state index contributed by atoms with van der Waals surface area (Å²) in [6, 6.07) is 4.25. The lowest BCUT2D eigenvalue weighted by Gasteiger charge is -2.04. The molecular weight excluding hydrogens is 219 g/mol. The molecule has 1 aromatic carbocycles. The van der Waals surface area contributed by atoms with E-state index in [2.05, 4.69) is 10.3 Å². The standard InChI is InChI=1S/C10H8ClFN2O/c11-7-1-8(12)3-9(2-7)14-5-10-4-13-6-15-10/h1-4,6,14H,5H2. The molecule has 0 atom stereocenters. The highest BCUT2D eigenvalue weighted by Gasteiger charge is 2.00. The smallest absolute Gasteiger partial charge is 0.180 e. The van der Waals surface area contributed by atoms with Gasteiger partial charge in [-0.3, -0.25) is 0 Å². The van der Waals surface area contributed by atoms with Gasteiger partial charge in [-0.1, -0.05) is 11.6 Å². The quantitative estimate of drug-likeness (QED) is 0.874. The lowest BCUT2D eigenvalue weighted by Crippen LogP contribution is -1.98. The highest BCUT2D eigenvalue weighted by atomic mass is 35.5. The third-order valence-corrected chi connectivity index (χ3v) is 2.03. The van der Waals surface area contributed by atoms with E-state index in [0.717, 1.165) is 0 Å². The van der Waals surface area contributed by atoms with Gasteiger partial charge in [-0.05, 0) is 18.2 Å². The van der Waals surface area contributed by atoms with Gasteiger partial charge < -0.3 is 9.73 Å². The highest BCUT2D eigenvalue weighted by Crippen LogP contribution is 2.18. The van der Waals surface area contributed by atoms with Gasteiger partial charge in [0.2, 0.25) is 0 Å². The molecule has 0 aliphatic heterocycles. The summed E-state index contributed by atoms with van der Waals surface area (Å²) in [7, 11) is 0. The molecule has 0 saturated heterocycles. The van der Waals surface area contributed by atoms with E-state index in [-0.39, 0.29) is 5.82 Å². The lowest BCUT2D eigenvalue weighted by atomic mass is 10.3. The number of hydrogen-bond acceptors (Lipinski definition) is 3. The third kappa shape index (κ3) is 2.70. The molecule has 0 aliphatic rings. The Hall–Kier alpha value is -1.55. The van der Waals surface area contributed by atoms with E-state index in [0.29, 0.717) is 23.0 Å². The first-order chi connectivity index (χ1) is 7.24. The molecule has 2 aromatic rings. The maximum absolute atomic E-state index is 12.9. The van der Waals surface area contributed by atoms with Crippen LogP contribution in [0, 0.1) is 5.82 Å². The topological polar surface area (TPSA) is 38.1 Å². The summed E-state index contributed by atoms with van der Waals surface area (Å²) >= 11 is 5.69. The fourth-order valence-electron chi connectivity index (χ4n) is 1.17. The lowest BCUT2D eigenvalue weighted by molar-refractivity contribution is 0.511. The Morgan fingerprint density at radius 3 is 2.93 bits per heavy atom. The Morgan fingerprint density at radius 2 is 2.27 bits per heavy atom. The number of nitrogens with zero attached hydrogens (tertiary/aromatic N) is 1. The maximum atomic E-state index is 12.9. The number of halogens is 2. The second kappa shape index (κ2) is 4.31. The van der Waals surface area contributed by atoms with Crippen LogP contribution >= 0.6 is 11.6 Å². The molecular formula is C10H8ClFN2O. The van der Waals surface area contributed by atoms with Crippen LogP contribution in [0.25, 0.3) is 0 Å². The van der Waals surface area contributed by atoms with Gasteiger partial charge in [0.15, 0.2) is 6.39 Å². The predicted molar refractivity (Wildman–Crippen MR) is 55.2 cm³/mol. The molecule has 0 amide bonds. The van der Waals surface area contributed by atoms with E-state index < -0.39 is 0 Å². The van der Waals surface area contributed by atoms with Gasteiger partial charge >= 0.3 is 0 Å². The maximum Gasteiger partial charge on any atom is 0.180 e. The van der Waals surface area contributed by atoms with Crippen LogP contribution in [0.15, 0.2) is 35.2 Å². The Morgan fingerprint density at radius 1 is 1.40 bits per heavy atom. The van der Waals surface area contributed by atoms with E-state index in [1.165, 1.54) is 18.5 Å². The zero-order valence-electron chi connectivity index (χ0n) is 7.71. The first kappa shape index (κ1) is 9.98. The second-order valence-electron chi connectivity index (χ2n) is 2.98. The largest absolute Gasteiger partial charge is 0.447 e. The normalized spacial score (nSPS) is 10.3. The van der Waals surface area contributed by atoms with E-state index >= 15 is 0 Å². The molecule has 0 aliphatic carbocycles. The number of rotatable bonds is 3. The van der Waals surface area contributed by atoms with Gasteiger partial charge in [0, 0.05) is 10.7 Å². The Balaban J connectivity index is 2.05. The monoisotopic (exact) mass is 226 g/mol. The fraction of sp³-hybridized carbons (Fsp3) is 0.100. The Bertz CT molecular complexity index is 424. The average molecular weight is 227 g/mol. The van der Waals surface area contributed by atoms with Crippen molar-refractivity contribution in [1.29, 1.82) is 0 Å². The van der Waals surface area contributed by atoms with Crippen molar-refractivity contribution in [1.82, 2.24) is 4.98 Å². The summed E-state index contributed by atoms with van der Waals surface area (Å²) in [6.45, 7) is 0.444. The molecule has 0 unspecified atom stereocenters. The minimum Gasteiger partial charge on any atom is -0.447 e. The average Bonchev–Trinajstić information content (AvgIpc) is 2.65. The van der Waals surface area contributed by atoms with Gasteiger partial charge in [0.25, 0.3) is 0 Å². The second-order valence-corrected chi connectivity index (χ2v) is 3.42. The molecule has 0 spiro atoms. The van der Waals surface area contributed by atoms with Crippen LogP contribution in [-0.2, 0) is 6.54 Å². The predicted octanol–water partition coefficient (Wildman–Crippen LogP) is 3.08. The van der Waals surface area contributed by atoms with Crippen molar-refractivity contribution in [2.45, 2.75) is 6.54 Å². The van der Waals surface area contributed by atoms with Gasteiger partial charge in [-0.2, -0.15) is 0 Å². The van der Waals surface area contributed by atoms with Gasteiger partial charge in [0.05, 0.1) is 12.7 Å². The molecule has 2 rings (SSSR count). The van der Waals surface area contributed by atoms with Crippen LogP contribution in [0.1, 0.15) is 5.76 Å². The zero-order chi connectivity index (χ0) is 10.7. The van der Waals surface area contributed by atoms with Crippen molar-refractivity contribution in [3.63, 3.8) is 0 Å². The van der Waals surface area contributed by atoms with Crippen molar-refractivity contribution in [3.8, 4) is 0 Å². The summed E-state index contributed by atoms with van der Waals surface area (Å²) in [6.07, 6.45) is 2.93. The molecule has 3 nitrogen and oxygen atoms in total. The van der Waals surface area contributed by atoms with Crippen LogP contribution in [0.5, 0.6) is 0 Å². The Labute approximate surface area is 90.9 Å². The van der Waals surface area contributed by atoms with E-state index in [4.69, 9.17) is 16.0 Å². The number of aromatic nitrogens is 1. The molecule has 0 bridgehead atoms. The van der Waals surface area contributed by atoms with Gasteiger partial charge in [0.1, 0.15) is 11.6 Å². The highest BCUT2D eigenvalue weighted by molar-refractivity contribution is 6.30.